The second kappa shape index (κ2) is 10.6. The van der Waals surface area contributed by atoms with Crippen LogP contribution in [-0.2, 0) is 17.6 Å². The van der Waals surface area contributed by atoms with Gasteiger partial charge in [0.2, 0.25) is 5.91 Å². The van der Waals surface area contributed by atoms with E-state index in [4.69, 9.17) is 5.73 Å². The number of pyridine rings is 1. The summed E-state index contributed by atoms with van der Waals surface area (Å²) in [5.74, 6) is 0.467. The molecule has 0 fully saturated rings. The van der Waals surface area contributed by atoms with Crippen molar-refractivity contribution in [2.45, 2.75) is 31.9 Å². The number of nitrogens with two attached hydrogens (primary N) is 1. The third-order valence-electron chi connectivity index (χ3n) is 4.90. The van der Waals surface area contributed by atoms with Crippen molar-refractivity contribution in [2.75, 3.05) is 17.6 Å². The molecule has 3 rings (SSSR count). The minimum Gasteiger partial charge on any atom is -0.508 e. The van der Waals surface area contributed by atoms with Gasteiger partial charge in [0.05, 0.1) is 12.5 Å². The molecular weight excluding hydrogens is 392 g/mol. The van der Waals surface area contributed by atoms with Gasteiger partial charge in [-0.15, -0.1) is 0 Å². The van der Waals surface area contributed by atoms with Crippen molar-refractivity contribution in [1.29, 1.82) is 0 Å². The number of anilines is 2. The molecule has 162 valence electrons. The average molecular weight is 421 g/mol. The molecule has 7 nitrogen and oxygen atoms in total. The summed E-state index contributed by atoms with van der Waals surface area (Å²) in [5, 5.41) is 25.8. The lowest BCUT2D eigenvalue weighted by molar-refractivity contribution is -0.115. The second-order valence-corrected chi connectivity index (χ2v) is 7.64. The lowest BCUT2D eigenvalue weighted by atomic mass is 10.0. The first kappa shape index (κ1) is 22.3. The number of nitrogen functional groups attached to an aromatic ring is 1. The molecule has 0 saturated carbocycles. The number of rotatable bonds is 9. The Morgan fingerprint density at radius 1 is 1.10 bits per heavy atom. The number of amides is 1. The number of carbonyl (C=O) groups excluding carboxylic acids is 1. The Hall–Kier alpha value is -3.42. The minimum absolute atomic E-state index is 0.116. The standard InChI is InChI=1S/C24H28N4O3/c1-16(26-15-22(30)19-5-10-23(25)27-14-19)11-17-3-2-4-18(12-17)13-24(31)28-20-6-8-21(29)9-7-20/h2-10,12,14,16,22,26,29-30H,11,13,15H2,1H3,(H2,25,27)(H,28,31)/t16-,22-/m1/s1. The van der Waals surface area contributed by atoms with Gasteiger partial charge in [-0.3, -0.25) is 4.79 Å². The van der Waals surface area contributed by atoms with Crippen LogP contribution >= 0.6 is 0 Å². The van der Waals surface area contributed by atoms with Crippen LogP contribution < -0.4 is 16.4 Å². The molecule has 31 heavy (non-hydrogen) atoms. The summed E-state index contributed by atoms with van der Waals surface area (Å²) in [6, 6.07) is 17.9. The van der Waals surface area contributed by atoms with E-state index in [1.807, 2.05) is 24.3 Å². The van der Waals surface area contributed by atoms with Crippen molar-refractivity contribution in [3.63, 3.8) is 0 Å². The first-order chi connectivity index (χ1) is 14.9. The molecule has 0 saturated heterocycles. The van der Waals surface area contributed by atoms with Crippen molar-refractivity contribution in [1.82, 2.24) is 10.3 Å². The van der Waals surface area contributed by atoms with E-state index in [2.05, 4.69) is 22.5 Å². The highest BCUT2D eigenvalue weighted by Gasteiger charge is 2.11. The zero-order valence-electron chi connectivity index (χ0n) is 17.5. The van der Waals surface area contributed by atoms with Crippen LogP contribution in [0.4, 0.5) is 11.5 Å². The highest BCUT2D eigenvalue weighted by Crippen LogP contribution is 2.15. The van der Waals surface area contributed by atoms with Crippen molar-refractivity contribution < 1.29 is 15.0 Å². The van der Waals surface area contributed by atoms with Crippen LogP contribution in [0.5, 0.6) is 5.75 Å². The minimum atomic E-state index is -0.662. The Kier molecular flexibility index (Phi) is 7.59. The van der Waals surface area contributed by atoms with Crippen LogP contribution in [0.25, 0.3) is 0 Å². The first-order valence-electron chi connectivity index (χ1n) is 10.2. The quantitative estimate of drug-likeness (QED) is 0.340. The summed E-state index contributed by atoms with van der Waals surface area (Å²) in [6.07, 6.45) is 1.95. The summed E-state index contributed by atoms with van der Waals surface area (Å²) in [7, 11) is 0. The van der Waals surface area contributed by atoms with Crippen LogP contribution in [0.3, 0.4) is 0 Å². The topological polar surface area (TPSA) is 120 Å². The predicted molar refractivity (Wildman–Crippen MR) is 122 cm³/mol. The van der Waals surface area contributed by atoms with Crippen molar-refractivity contribution in [3.8, 4) is 5.75 Å². The van der Waals surface area contributed by atoms with E-state index in [1.165, 1.54) is 12.1 Å². The molecule has 0 aliphatic carbocycles. The number of nitrogens with one attached hydrogen (secondary N) is 2. The van der Waals surface area contributed by atoms with Crippen LogP contribution in [-0.4, -0.2) is 33.7 Å². The maximum atomic E-state index is 12.3. The zero-order chi connectivity index (χ0) is 22.2. The smallest absolute Gasteiger partial charge is 0.228 e. The summed E-state index contributed by atoms with van der Waals surface area (Å²) in [4.78, 5) is 16.3. The van der Waals surface area contributed by atoms with Crippen molar-refractivity contribution >= 4 is 17.4 Å². The molecule has 0 unspecified atom stereocenters. The first-order valence-corrected chi connectivity index (χ1v) is 10.2. The van der Waals surface area contributed by atoms with Gasteiger partial charge in [-0.1, -0.05) is 30.3 Å². The van der Waals surface area contributed by atoms with E-state index in [0.717, 1.165) is 23.1 Å². The molecule has 0 aliphatic heterocycles. The third-order valence-corrected chi connectivity index (χ3v) is 4.90. The average Bonchev–Trinajstić information content (AvgIpc) is 2.74. The third kappa shape index (κ3) is 7.09. The van der Waals surface area contributed by atoms with Gasteiger partial charge in [-0.25, -0.2) is 4.98 Å². The largest absolute Gasteiger partial charge is 0.508 e. The van der Waals surface area contributed by atoms with E-state index >= 15 is 0 Å². The molecule has 0 bridgehead atoms. The van der Waals surface area contributed by atoms with Crippen LogP contribution in [0, 0.1) is 0 Å². The highest BCUT2D eigenvalue weighted by atomic mass is 16.3. The predicted octanol–water partition coefficient (Wildman–Crippen LogP) is 2.80. The number of nitrogens with zero attached hydrogens (tertiary/aromatic N) is 1. The highest BCUT2D eigenvalue weighted by molar-refractivity contribution is 5.92. The lowest BCUT2D eigenvalue weighted by Crippen LogP contribution is -2.32. The number of benzene rings is 2. The Morgan fingerprint density at radius 3 is 2.55 bits per heavy atom. The fourth-order valence-electron chi connectivity index (χ4n) is 3.27. The fourth-order valence-corrected chi connectivity index (χ4v) is 3.27. The normalized spacial score (nSPS) is 12.8. The Bertz CT molecular complexity index is 990. The van der Waals surface area contributed by atoms with E-state index in [1.54, 1.807) is 30.5 Å². The molecule has 2 atom stereocenters. The molecule has 0 aliphatic rings. The SMILES string of the molecule is C[C@H](Cc1cccc(CC(=O)Nc2ccc(O)cc2)c1)NC[C@@H](O)c1ccc(N)nc1. The maximum absolute atomic E-state index is 12.3. The molecule has 1 aromatic heterocycles. The molecule has 0 radical (unpaired) electrons. The molecule has 6 N–H and O–H groups in total. The summed E-state index contributed by atoms with van der Waals surface area (Å²) >= 11 is 0. The van der Waals surface area contributed by atoms with E-state index in [0.29, 0.717) is 18.1 Å². The number of aliphatic hydroxyl groups excluding tert-OH is 1. The zero-order valence-corrected chi connectivity index (χ0v) is 17.5. The molecule has 7 heteroatoms. The van der Waals surface area contributed by atoms with Gasteiger partial charge in [-0.2, -0.15) is 0 Å². The maximum Gasteiger partial charge on any atom is 0.228 e. The summed E-state index contributed by atoms with van der Waals surface area (Å²) in [6.45, 7) is 2.46. The summed E-state index contributed by atoms with van der Waals surface area (Å²) in [5.41, 5.74) is 8.98. The number of phenolic OH excluding ortho intramolecular Hbond substituents is 1. The molecule has 0 spiro atoms. The number of hydrogen-bond acceptors (Lipinski definition) is 6. The van der Waals surface area contributed by atoms with Gasteiger partial charge in [0.25, 0.3) is 0 Å². The van der Waals surface area contributed by atoms with E-state index in [9.17, 15) is 15.0 Å². The summed E-state index contributed by atoms with van der Waals surface area (Å²) < 4.78 is 0. The van der Waals surface area contributed by atoms with Crippen LogP contribution in [0.1, 0.15) is 29.7 Å². The van der Waals surface area contributed by atoms with Gasteiger partial charge in [0.1, 0.15) is 11.6 Å². The molecule has 1 heterocycles. The van der Waals surface area contributed by atoms with Gasteiger partial charge in [0, 0.05) is 30.0 Å². The number of phenols is 1. The lowest BCUT2D eigenvalue weighted by Gasteiger charge is -2.18. The molecule has 1 amide bonds. The second-order valence-electron chi connectivity index (χ2n) is 7.64. The Labute approximate surface area is 182 Å². The number of aromatic nitrogens is 1. The van der Waals surface area contributed by atoms with E-state index < -0.39 is 6.10 Å². The number of hydrogen-bond donors (Lipinski definition) is 5. The van der Waals surface area contributed by atoms with Gasteiger partial charge < -0.3 is 26.6 Å². The number of carbonyl (C=O) groups is 1. The van der Waals surface area contributed by atoms with E-state index in [-0.39, 0.29) is 24.1 Å². The Morgan fingerprint density at radius 2 is 1.84 bits per heavy atom. The number of aromatic hydroxyl groups is 1. The van der Waals surface area contributed by atoms with Crippen molar-refractivity contribution in [3.05, 3.63) is 83.6 Å². The van der Waals surface area contributed by atoms with Crippen LogP contribution in [0.2, 0.25) is 0 Å². The fraction of sp³-hybridized carbons (Fsp3) is 0.250. The molecule has 2 aromatic carbocycles. The number of aliphatic hydroxyl groups is 1. The van der Waals surface area contributed by atoms with Crippen LogP contribution in [0.15, 0.2) is 66.9 Å². The monoisotopic (exact) mass is 420 g/mol. The molecular formula is C24H28N4O3. The van der Waals surface area contributed by atoms with Gasteiger partial charge in [0.15, 0.2) is 0 Å². The van der Waals surface area contributed by atoms with Crippen molar-refractivity contribution in [2.24, 2.45) is 0 Å². The van der Waals surface area contributed by atoms with Gasteiger partial charge >= 0.3 is 0 Å². The van der Waals surface area contributed by atoms with Gasteiger partial charge in [-0.05, 0) is 54.8 Å². The Balaban J connectivity index is 1.49. The molecule has 3 aromatic rings.